The standard InChI is InChI=1S/C22H24FN7O9P2S2/c23-16-18-14(37-21(16)30-10-27-17-12(24)1-3-25-19(17)30)9-35-40(32,42)38-13-7-11(8-34-41(33,43)39-18)36-20(13)29-5-2-15(31)28-6-4-26-22(28)29/h1-6,10-11,13-14,16,18,20-21H,7-9H2,(H2,24,25)(H,32,42)(H,33,43)/t11-,13+,14+,16-,18+,20+,21+,40+,41-/m0/s1. The van der Waals surface area contributed by atoms with Crippen molar-refractivity contribution in [1.29, 1.82) is 0 Å². The second-order valence-electron chi connectivity index (χ2n) is 10.0. The molecule has 21 heteroatoms. The van der Waals surface area contributed by atoms with E-state index in [4.69, 9.17) is 33.3 Å². The first kappa shape index (κ1) is 29.4. The van der Waals surface area contributed by atoms with Gasteiger partial charge in [-0.05, 0) is 6.07 Å². The van der Waals surface area contributed by atoms with Crippen LogP contribution in [-0.4, -0.2) is 72.3 Å². The Morgan fingerprint density at radius 3 is 2.56 bits per heavy atom. The zero-order valence-corrected chi connectivity index (χ0v) is 25.4. The molecule has 4 aromatic rings. The van der Waals surface area contributed by atoms with Crippen LogP contribution in [-0.2, 0) is 36.7 Å². The topological polar surface area (TPSA) is 186 Å². The number of pyridine rings is 1. The minimum Gasteiger partial charge on any atom is -0.397 e. The third kappa shape index (κ3) is 5.45. The summed E-state index contributed by atoms with van der Waals surface area (Å²) in [5.41, 5.74) is 6.54. The van der Waals surface area contributed by atoms with Crippen LogP contribution in [0.15, 0.2) is 48.0 Å². The summed E-state index contributed by atoms with van der Waals surface area (Å²) in [7, 11) is 0. The number of aromatic nitrogens is 6. The van der Waals surface area contributed by atoms with Crippen LogP contribution in [0.5, 0.6) is 0 Å². The van der Waals surface area contributed by atoms with Crippen molar-refractivity contribution in [3.8, 4) is 0 Å². The van der Waals surface area contributed by atoms with E-state index in [0.717, 1.165) is 0 Å². The number of fused-ring (bicyclic) bond motifs is 5. The average molecular weight is 676 g/mol. The molecule has 0 saturated carbocycles. The summed E-state index contributed by atoms with van der Waals surface area (Å²) < 4.78 is 81.4. The van der Waals surface area contributed by atoms with Gasteiger partial charge in [-0.1, -0.05) is 24.5 Å². The van der Waals surface area contributed by atoms with Crippen molar-refractivity contribution >= 4 is 60.7 Å². The van der Waals surface area contributed by atoms with Gasteiger partial charge < -0.3 is 15.2 Å². The zero-order valence-electron chi connectivity index (χ0n) is 21.8. The first-order valence-corrected chi connectivity index (χ1v) is 18.3. The number of hydrogen-bond donors (Lipinski definition) is 3. The summed E-state index contributed by atoms with van der Waals surface area (Å²) in [6.45, 7) is -9.24. The Bertz CT molecular complexity index is 1860. The van der Waals surface area contributed by atoms with Gasteiger partial charge in [-0.25, -0.2) is 28.5 Å². The van der Waals surface area contributed by atoms with Crippen molar-refractivity contribution in [3.05, 3.63) is 53.6 Å². The number of rotatable bonds is 2. The Morgan fingerprint density at radius 1 is 0.930 bits per heavy atom. The highest BCUT2D eigenvalue weighted by molar-refractivity contribution is 8.44. The summed E-state index contributed by atoms with van der Waals surface area (Å²) in [6, 6.07) is 2.85. The lowest BCUT2D eigenvalue weighted by molar-refractivity contribution is -0.0564. The first-order chi connectivity index (χ1) is 20.5. The Balaban J connectivity index is 1.19. The van der Waals surface area contributed by atoms with Gasteiger partial charge in [-0.15, -0.1) is 0 Å². The molecular weight excluding hydrogens is 651 g/mol. The van der Waals surface area contributed by atoms with Crippen LogP contribution in [0.1, 0.15) is 18.9 Å². The van der Waals surface area contributed by atoms with Gasteiger partial charge in [0.1, 0.15) is 23.8 Å². The number of nitrogens with two attached hydrogens (primary N) is 1. The van der Waals surface area contributed by atoms with E-state index in [1.54, 1.807) is 6.07 Å². The first-order valence-electron chi connectivity index (χ1n) is 12.9. The number of nitrogens with zero attached hydrogens (tertiary/aromatic N) is 6. The molecular formula is C22H24FN7O9P2S2. The summed E-state index contributed by atoms with van der Waals surface area (Å²) in [6.07, 6.45) is -1.60. The molecule has 0 aliphatic carbocycles. The number of hydrogen-bond acceptors (Lipinski definition) is 13. The molecule has 2 bridgehead atoms. The fraction of sp³-hybridized carbons (Fsp3) is 0.455. The number of thiol groups is 2. The Morgan fingerprint density at radius 2 is 1.72 bits per heavy atom. The van der Waals surface area contributed by atoms with E-state index in [1.165, 1.54) is 50.7 Å². The molecule has 0 unspecified atom stereocenters. The highest BCUT2D eigenvalue weighted by Crippen LogP contribution is 2.60. The summed E-state index contributed by atoms with van der Waals surface area (Å²) in [4.78, 5) is 24.9. The predicted octanol–water partition coefficient (Wildman–Crippen LogP) is 2.94. The largest absolute Gasteiger partial charge is 0.397 e. The van der Waals surface area contributed by atoms with E-state index in [2.05, 4.69) is 39.4 Å². The van der Waals surface area contributed by atoms with Gasteiger partial charge in [0.2, 0.25) is 5.78 Å². The van der Waals surface area contributed by atoms with E-state index in [1.807, 2.05) is 0 Å². The third-order valence-corrected chi connectivity index (χ3v) is 10.5. The molecule has 7 heterocycles. The monoisotopic (exact) mass is 675 g/mol. The van der Waals surface area contributed by atoms with Crippen LogP contribution < -0.4 is 11.3 Å². The van der Waals surface area contributed by atoms with E-state index in [-0.39, 0.29) is 30.0 Å². The SMILES string of the molecule is Nc1ccnc2c1ncn2[C@@H]1O[C@@H]2CO[P@@](=O)(S)O[C@@H]3C[C@@H](CO[P@](=O)(S)O[C@H]2[C@@H]1F)O[C@H]3n1ccc(=O)n2ccnc12. The molecule has 16 nitrogen and oxygen atoms in total. The summed E-state index contributed by atoms with van der Waals surface area (Å²) >= 11 is 8.21. The molecule has 7 rings (SSSR count). The number of alkyl halides is 1. The van der Waals surface area contributed by atoms with Gasteiger partial charge >= 0.3 is 13.6 Å². The van der Waals surface area contributed by atoms with Crippen molar-refractivity contribution in [2.75, 3.05) is 18.9 Å². The normalized spacial score (nSPS) is 37.1. The average Bonchev–Trinajstić information content (AvgIpc) is 3.74. The van der Waals surface area contributed by atoms with Crippen LogP contribution in [0.2, 0.25) is 0 Å². The van der Waals surface area contributed by atoms with Gasteiger partial charge in [0.25, 0.3) is 5.56 Å². The second-order valence-corrected chi connectivity index (χ2v) is 15.8. The van der Waals surface area contributed by atoms with Crippen molar-refractivity contribution < 1.29 is 41.1 Å². The van der Waals surface area contributed by atoms with Crippen molar-refractivity contribution in [3.63, 3.8) is 0 Å². The van der Waals surface area contributed by atoms with Crippen LogP contribution in [0.25, 0.3) is 16.9 Å². The highest BCUT2D eigenvalue weighted by atomic mass is 32.7. The number of imidazole rings is 2. The second kappa shape index (κ2) is 10.9. The molecule has 2 N–H and O–H groups in total. The summed E-state index contributed by atoms with van der Waals surface area (Å²) in [5.74, 6) is 0.234. The van der Waals surface area contributed by atoms with Crippen molar-refractivity contribution in [1.82, 2.24) is 28.5 Å². The molecule has 230 valence electrons. The number of ether oxygens (including phenoxy) is 2. The predicted molar refractivity (Wildman–Crippen MR) is 154 cm³/mol. The van der Waals surface area contributed by atoms with E-state index in [9.17, 15) is 13.9 Å². The van der Waals surface area contributed by atoms with Crippen LogP contribution in [0.4, 0.5) is 10.1 Å². The van der Waals surface area contributed by atoms with Gasteiger partial charge in [-0.3, -0.25) is 36.4 Å². The lowest BCUT2D eigenvalue weighted by Crippen LogP contribution is -2.33. The smallest absolute Gasteiger partial charge is 0.386 e. The minimum absolute atomic E-state index is 0.0896. The van der Waals surface area contributed by atoms with Crippen molar-refractivity contribution in [2.24, 2.45) is 0 Å². The van der Waals surface area contributed by atoms with E-state index in [0.29, 0.717) is 11.2 Å². The quantitative estimate of drug-likeness (QED) is 0.208. The van der Waals surface area contributed by atoms with Gasteiger partial charge in [-0.2, -0.15) is 0 Å². The van der Waals surface area contributed by atoms with Crippen LogP contribution >= 0.6 is 38.1 Å². The lowest BCUT2D eigenvalue weighted by Gasteiger charge is -2.26. The minimum atomic E-state index is -4.23. The molecule has 43 heavy (non-hydrogen) atoms. The Kier molecular flexibility index (Phi) is 7.48. The molecule has 3 saturated heterocycles. The number of nitrogen functional groups attached to an aromatic ring is 1. The van der Waals surface area contributed by atoms with Crippen molar-refractivity contribution in [2.45, 2.75) is 49.5 Å². The Labute approximate surface area is 252 Å². The van der Waals surface area contributed by atoms with Gasteiger partial charge in [0, 0.05) is 37.3 Å². The van der Waals surface area contributed by atoms with Gasteiger partial charge in [0.05, 0.1) is 31.3 Å². The number of halogens is 1. The molecule has 3 fully saturated rings. The maximum Gasteiger partial charge on any atom is 0.386 e. The van der Waals surface area contributed by atoms with Crippen LogP contribution in [0.3, 0.4) is 0 Å². The number of anilines is 1. The third-order valence-electron chi connectivity index (χ3n) is 7.27. The van der Waals surface area contributed by atoms with Gasteiger partial charge in [0.15, 0.2) is 24.3 Å². The highest BCUT2D eigenvalue weighted by Gasteiger charge is 2.52. The lowest BCUT2D eigenvalue weighted by atomic mass is 10.1. The molecule has 0 spiro atoms. The van der Waals surface area contributed by atoms with E-state index < -0.39 is 63.2 Å². The molecule has 0 aromatic carbocycles. The summed E-state index contributed by atoms with van der Waals surface area (Å²) in [5, 5.41) is 0. The van der Waals surface area contributed by atoms with Crippen LogP contribution in [0, 0.1) is 0 Å². The van der Waals surface area contributed by atoms with E-state index >= 15 is 4.39 Å². The molecule has 4 aromatic heterocycles. The fourth-order valence-corrected chi connectivity index (χ4v) is 8.35. The molecule has 0 radical (unpaired) electrons. The molecule has 0 amide bonds. The molecule has 3 aliphatic rings. The zero-order chi connectivity index (χ0) is 30.1. The Hall–Kier alpha value is -2.31. The molecule has 9 atom stereocenters. The maximum absolute atomic E-state index is 16.0. The molecule has 3 aliphatic heterocycles. The maximum atomic E-state index is 16.0. The fourth-order valence-electron chi connectivity index (χ4n) is 5.36.